The number of hydrogen-bond donors (Lipinski definition) is 3. The highest BCUT2D eigenvalue weighted by molar-refractivity contribution is 6.32. The third-order valence-electron chi connectivity index (χ3n) is 3.84. The van der Waals surface area contributed by atoms with E-state index in [9.17, 15) is 14.7 Å². The van der Waals surface area contributed by atoms with Gasteiger partial charge in [-0.1, -0.05) is 17.7 Å². The number of esters is 1. The Morgan fingerprint density at radius 3 is 2.72 bits per heavy atom. The van der Waals surface area contributed by atoms with Crippen molar-refractivity contribution in [2.45, 2.75) is 57.7 Å². The van der Waals surface area contributed by atoms with Gasteiger partial charge in [0.2, 0.25) is 5.91 Å². The molecule has 1 fully saturated rings. The van der Waals surface area contributed by atoms with E-state index in [-0.39, 0.29) is 29.1 Å². The summed E-state index contributed by atoms with van der Waals surface area (Å²) in [6, 6.07) is 3.60. The van der Waals surface area contributed by atoms with Crippen LogP contribution in [0.25, 0.3) is 0 Å². The Balaban J connectivity index is 2.13. The minimum Gasteiger partial charge on any atom is -0.506 e. The van der Waals surface area contributed by atoms with Gasteiger partial charge in [-0.2, -0.15) is 0 Å². The molecule has 0 aromatic heterocycles. The first kappa shape index (κ1) is 19.5. The molecule has 1 aliphatic rings. The monoisotopic (exact) mass is 368 g/mol. The fourth-order valence-electron chi connectivity index (χ4n) is 2.66. The van der Waals surface area contributed by atoms with Crippen LogP contribution in [-0.2, 0) is 20.7 Å². The van der Waals surface area contributed by atoms with Crippen LogP contribution in [0.2, 0.25) is 5.02 Å². The maximum atomic E-state index is 12.5. The fraction of sp³-hybridized carbons (Fsp3) is 0.556. The first-order valence-electron chi connectivity index (χ1n) is 8.40. The maximum Gasteiger partial charge on any atom is 0.329 e. The molecule has 0 spiro atoms. The summed E-state index contributed by atoms with van der Waals surface area (Å²) in [6.45, 7) is 6.13. The van der Waals surface area contributed by atoms with Gasteiger partial charge < -0.3 is 20.5 Å². The number of phenolic OH excluding ortho intramolecular Hbond substituents is 1. The van der Waals surface area contributed by atoms with E-state index < -0.39 is 17.6 Å². The van der Waals surface area contributed by atoms with Crippen LogP contribution in [-0.4, -0.2) is 41.2 Å². The van der Waals surface area contributed by atoms with Gasteiger partial charge in [-0.25, -0.2) is 4.79 Å². The summed E-state index contributed by atoms with van der Waals surface area (Å²) in [5.41, 5.74) is 0.0662. The predicted octanol–water partition coefficient (Wildman–Crippen LogP) is 2.17. The molecule has 0 radical (unpaired) electrons. The second kappa shape index (κ2) is 8.06. The lowest BCUT2D eigenvalue weighted by Crippen LogP contribution is -2.50. The molecule has 1 saturated heterocycles. The molecular formula is C18H25ClN2O4. The second-order valence-corrected chi connectivity index (χ2v) is 7.64. The van der Waals surface area contributed by atoms with Crippen molar-refractivity contribution in [3.8, 4) is 5.75 Å². The van der Waals surface area contributed by atoms with E-state index in [2.05, 4.69) is 10.6 Å². The Kier molecular flexibility index (Phi) is 6.30. The molecule has 1 amide bonds. The SMILES string of the molecule is CC(C)(C)OC(=O)[C@H](Cc1ccc(O)c(Cl)c1)NC(=O)[C@@H]1CCCN1. The van der Waals surface area contributed by atoms with Crippen molar-refractivity contribution in [2.75, 3.05) is 6.54 Å². The second-order valence-electron chi connectivity index (χ2n) is 7.23. The van der Waals surface area contributed by atoms with E-state index in [4.69, 9.17) is 16.3 Å². The summed E-state index contributed by atoms with van der Waals surface area (Å²) in [7, 11) is 0. The van der Waals surface area contributed by atoms with Gasteiger partial charge in [0.15, 0.2) is 0 Å². The number of hydrogen-bond acceptors (Lipinski definition) is 5. The minimum absolute atomic E-state index is 0.0292. The van der Waals surface area contributed by atoms with Crippen LogP contribution in [0.15, 0.2) is 18.2 Å². The molecule has 138 valence electrons. The third-order valence-corrected chi connectivity index (χ3v) is 4.14. The van der Waals surface area contributed by atoms with Crippen LogP contribution in [0.1, 0.15) is 39.2 Å². The first-order valence-corrected chi connectivity index (χ1v) is 8.77. The highest BCUT2D eigenvalue weighted by Crippen LogP contribution is 2.24. The smallest absolute Gasteiger partial charge is 0.329 e. The van der Waals surface area contributed by atoms with Crippen LogP contribution < -0.4 is 10.6 Å². The topological polar surface area (TPSA) is 87.7 Å². The van der Waals surface area contributed by atoms with Gasteiger partial charge in [-0.05, 0) is 57.9 Å². The van der Waals surface area contributed by atoms with E-state index in [1.54, 1.807) is 32.9 Å². The van der Waals surface area contributed by atoms with Crippen molar-refractivity contribution >= 4 is 23.5 Å². The largest absolute Gasteiger partial charge is 0.506 e. The Bertz CT molecular complexity index is 636. The quantitative estimate of drug-likeness (QED) is 0.693. The minimum atomic E-state index is -0.824. The zero-order valence-corrected chi connectivity index (χ0v) is 15.5. The lowest BCUT2D eigenvalue weighted by molar-refractivity contribution is -0.158. The van der Waals surface area contributed by atoms with E-state index in [1.165, 1.54) is 6.07 Å². The Labute approximate surface area is 152 Å². The number of carbonyl (C=O) groups excluding carboxylic acids is 2. The number of nitrogens with one attached hydrogen (secondary N) is 2. The zero-order chi connectivity index (χ0) is 18.6. The van der Waals surface area contributed by atoms with E-state index >= 15 is 0 Å². The molecule has 0 aliphatic carbocycles. The van der Waals surface area contributed by atoms with Crippen LogP contribution in [0.4, 0.5) is 0 Å². The van der Waals surface area contributed by atoms with Crippen LogP contribution in [0, 0.1) is 0 Å². The molecular weight excluding hydrogens is 344 g/mol. The summed E-state index contributed by atoms with van der Waals surface area (Å²) in [4.78, 5) is 24.9. The van der Waals surface area contributed by atoms with Gasteiger partial charge in [0, 0.05) is 6.42 Å². The molecule has 1 aromatic carbocycles. The Morgan fingerprint density at radius 2 is 2.16 bits per heavy atom. The van der Waals surface area contributed by atoms with Gasteiger partial charge >= 0.3 is 5.97 Å². The van der Waals surface area contributed by atoms with Crippen LogP contribution in [0.5, 0.6) is 5.75 Å². The standard InChI is InChI=1S/C18H25ClN2O4/c1-18(2,3)25-17(24)14(21-16(23)13-5-4-8-20-13)10-11-6-7-15(22)12(19)9-11/h6-7,9,13-14,20,22H,4-5,8,10H2,1-3H3,(H,21,23)/t13-,14-/m0/s1. The number of carbonyl (C=O) groups is 2. The van der Waals surface area contributed by atoms with Gasteiger partial charge in [-0.3, -0.25) is 4.79 Å². The zero-order valence-electron chi connectivity index (χ0n) is 14.8. The molecule has 2 rings (SSSR count). The van der Waals surface area contributed by atoms with Crippen molar-refractivity contribution in [1.29, 1.82) is 0 Å². The molecule has 0 bridgehead atoms. The van der Waals surface area contributed by atoms with Gasteiger partial charge in [0.25, 0.3) is 0 Å². The number of amides is 1. The molecule has 3 N–H and O–H groups in total. The summed E-state index contributed by atoms with van der Waals surface area (Å²) >= 11 is 5.93. The van der Waals surface area contributed by atoms with Gasteiger partial charge in [-0.15, -0.1) is 0 Å². The lowest BCUT2D eigenvalue weighted by atomic mass is 10.0. The molecule has 25 heavy (non-hydrogen) atoms. The third kappa shape index (κ3) is 5.90. The molecule has 6 nitrogen and oxygen atoms in total. The van der Waals surface area contributed by atoms with Gasteiger partial charge in [0.05, 0.1) is 11.1 Å². The van der Waals surface area contributed by atoms with Crippen LogP contribution in [0.3, 0.4) is 0 Å². The van der Waals surface area contributed by atoms with E-state index in [0.29, 0.717) is 0 Å². The fourth-order valence-corrected chi connectivity index (χ4v) is 2.86. The number of rotatable bonds is 5. The Hall–Kier alpha value is -1.79. The van der Waals surface area contributed by atoms with Crippen molar-refractivity contribution in [2.24, 2.45) is 0 Å². The Morgan fingerprint density at radius 1 is 1.44 bits per heavy atom. The highest BCUT2D eigenvalue weighted by Gasteiger charge is 2.30. The summed E-state index contributed by atoms with van der Waals surface area (Å²) < 4.78 is 5.43. The van der Waals surface area contributed by atoms with Gasteiger partial charge in [0.1, 0.15) is 17.4 Å². The predicted molar refractivity (Wildman–Crippen MR) is 95.6 cm³/mol. The average Bonchev–Trinajstić information content (AvgIpc) is 3.03. The number of phenols is 1. The molecule has 0 saturated carbocycles. The summed E-state index contributed by atoms with van der Waals surface area (Å²) in [5, 5.41) is 15.6. The first-order chi connectivity index (χ1) is 11.7. The number of ether oxygens (including phenoxy) is 1. The van der Waals surface area contributed by atoms with Crippen molar-refractivity contribution in [1.82, 2.24) is 10.6 Å². The molecule has 1 aromatic rings. The summed E-state index contributed by atoms with van der Waals surface area (Å²) in [5.74, 6) is -0.736. The molecule has 0 unspecified atom stereocenters. The average molecular weight is 369 g/mol. The number of aromatic hydroxyl groups is 1. The lowest BCUT2D eigenvalue weighted by Gasteiger charge is -2.25. The van der Waals surface area contributed by atoms with Crippen molar-refractivity contribution in [3.05, 3.63) is 28.8 Å². The normalized spacial score (nSPS) is 18.6. The molecule has 2 atom stereocenters. The summed E-state index contributed by atoms with van der Waals surface area (Å²) in [6.07, 6.45) is 1.91. The molecule has 1 heterocycles. The number of halogens is 1. The highest BCUT2D eigenvalue weighted by atomic mass is 35.5. The van der Waals surface area contributed by atoms with Crippen molar-refractivity contribution in [3.63, 3.8) is 0 Å². The van der Waals surface area contributed by atoms with E-state index in [0.717, 1.165) is 24.9 Å². The maximum absolute atomic E-state index is 12.5. The van der Waals surface area contributed by atoms with E-state index in [1.807, 2.05) is 0 Å². The number of benzene rings is 1. The molecule has 7 heteroatoms. The van der Waals surface area contributed by atoms with Crippen molar-refractivity contribution < 1.29 is 19.4 Å². The molecule has 1 aliphatic heterocycles. The van der Waals surface area contributed by atoms with Crippen LogP contribution >= 0.6 is 11.6 Å².